The van der Waals surface area contributed by atoms with E-state index in [0.717, 1.165) is 23.6 Å². The second kappa shape index (κ2) is 6.40. The predicted molar refractivity (Wildman–Crippen MR) is 84.7 cm³/mol. The van der Waals surface area contributed by atoms with Crippen LogP contribution in [0.1, 0.15) is 45.2 Å². The Morgan fingerprint density at radius 1 is 1.62 bits per heavy atom. The zero-order valence-electron chi connectivity index (χ0n) is 13.2. The number of hydrogen-bond acceptors (Lipinski definition) is 4. The van der Waals surface area contributed by atoms with Crippen molar-refractivity contribution in [3.63, 3.8) is 0 Å². The number of aryl methyl sites for hydroxylation is 2. The third kappa shape index (κ3) is 3.80. The molecule has 21 heavy (non-hydrogen) atoms. The number of nitrogens with zero attached hydrogens (tertiary/aromatic N) is 2. The molecule has 0 aliphatic heterocycles. The molecule has 2 rings (SSSR count). The predicted octanol–water partition coefficient (Wildman–Crippen LogP) is 2.58. The van der Waals surface area contributed by atoms with E-state index < -0.39 is 11.5 Å². The second-order valence-corrected chi connectivity index (χ2v) is 7.59. The first kappa shape index (κ1) is 16.4. The van der Waals surface area contributed by atoms with Gasteiger partial charge in [-0.05, 0) is 52.5 Å². The lowest BCUT2D eigenvalue weighted by atomic mass is 9.81. The van der Waals surface area contributed by atoms with Crippen LogP contribution in [0, 0.1) is 6.92 Å². The molecule has 1 aliphatic rings. The van der Waals surface area contributed by atoms with Crippen LogP contribution >= 0.6 is 11.8 Å². The van der Waals surface area contributed by atoms with E-state index in [1.54, 1.807) is 11.8 Å². The summed E-state index contributed by atoms with van der Waals surface area (Å²) in [6.07, 6.45) is 3.38. The molecule has 0 spiro atoms. The number of carbonyl (C=O) groups is 1. The summed E-state index contributed by atoms with van der Waals surface area (Å²) in [5, 5.41) is 18.8. The Balaban J connectivity index is 2.11. The summed E-state index contributed by atoms with van der Waals surface area (Å²) >= 11 is 1.76. The van der Waals surface area contributed by atoms with Crippen LogP contribution in [0.25, 0.3) is 0 Å². The Labute approximate surface area is 130 Å². The summed E-state index contributed by atoms with van der Waals surface area (Å²) in [6, 6.07) is 2.24. The number of aliphatic carboxylic acids is 1. The summed E-state index contributed by atoms with van der Waals surface area (Å²) in [6.45, 7) is 5.99. The quantitative estimate of drug-likeness (QED) is 0.875. The molecule has 1 fully saturated rings. The number of nitrogens with one attached hydrogen (secondary N) is 1. The van der Waals surface area contributed by atoms with Crippen LogP contribution in [0.4, 0.5) is 0 Å². The van der Waals surface area contributed by atoms with Gasteiger partial charge < -0.3 is 5.11 Å². The van der Waals surface area contributed by atoms with Crippen LogP contribution in [0.5, 0.6) is 0 Å². The summed E-state index contributed by atoms with van der Waals surface area (Å²) in [4.78, 5) is 11.8. The summed E-state index contributed by atoms with van der Waals surface area (Å²) in [7, 11) is 1.94. The molecule has 1 heterocycles. The third-order valence-corrected chi connectivity index (χ3v) is 5.29. The van der Waals surface area contributed by atoms with E-state index in [4.69, 9.17) is 0 Å². The van der Waals surface area contributed by atoms with Crippen LogP contribution in [-0.2, 0) is 11.8 Å². The van der Waals surface area contributed by atoms with E-state index in [9.17, 15) is 9.90 Å². The highest BCUT2D eigenvalue weighted by Gasteiger charge is 2.43. The number of carboxylic acid groups (broad SMARTS) is 1. The minimum absolute atomic E-state index is 0.170. The van der Waals surface area contributed by atoms with Gasteiger partial charge in [0.25, 0.3) is 0 Å². The molecule has 1 aromatic heterocycles. The minimum atomic E-state index is -0.780. The molecule has 0 aromatic carbocycles. The van der Waals surface area contributed by atoms with E-state index in [1.165, 1.54) is 0 Å². The number of thioether (sulfide) groups is 1. The van der Waals surface area contributed by atoms with Gasteiger partial charge in [0.1, 0.15) is 5.54 Å². The molecule has 2 atom stereocenters. The maximum absolute atomic E-state index is 11.8. The lowest BCUT2D eigenvalue weighted by Crippen LogP contribution is -2.57. The highest BCUT2D eigenvalue weighted by molar-refractivity contribution is 7.99. The number of carboxylic acids is 1. The van der Waals surface area contributed by atoms with Gasteiger partial charge in [0.05, 0.1) is 10.7 Å². The Kier molecular flexibility index (Phi) is 4.99. The Bertz CT molecular complexity index is 515. The maximum Gasteiger partial charge on any atom is 0.323 e. The monoisotopic (exact) mass is 311 g/mol. The van der Waals surface area contributed by atoms with Crippen molar-refractivity contribution < 1.29 is 9.90 Å². The Morgan fingerprint density at radius 2 is 2.33 bits per heavy atom. The molecule has 1 aliphatic carbocycles. The summed E-state index contributed by atoms with van der Waals surface area (Å²) < 4.78 is 1.88. The van der Waals surface area contributed by atoms with Gasteiger partial charge in [-0.1, -0.05) is 0 Å². The SMILES string of the molecule is Cc1cc(SC2CCCC(NC(C)C)(C(=O)O)C2)n(C)n1. The van der Waals surface area contributed by atoms with Crippen molar-refractivity contribution in [2.75, 3.05) is 0 Å². The molecule has 118 valence electrons. The highest BCUT2D eigenvalue weighted by atomic mass is 32.2. The third-order valence-electron chi connectivity index (χ3n) is 3.93. The van der Waals surface area contributed by atoms with Crippen molar-refractivity contribution in [1.82, 2.24) is 15.1 Å². The normalized spacial score (nSPS) is 26.2. The maximum atomic E-state index is 11.8. The standard InChI is InChI=1S/C15H25N3O2S/c1-10(2)16-15(14(19)20)7-5-6-12(9-15)21-13-8-11(3)17-18(13)4/h8,10,12,16H,5-7,9H2,1-4H3,(H,19,20). The smallest absolute Gasteiger partial charge is 0.323 e. The van der Waals surface area contributed by atoms with Crippen LogP contribution < -0.4 is 5.32 Å². The Hall–Kier alpha value is -1.01. The lowest BCUT2D eigenvalue weighted by Gasteiger charge is -2.39. The first-order chi connectivity index (χ1) is 9.82. The molecule has 0 amide bonds. The van der Waals surface area contributed by atoms with Gasteiger partial charge in [-0.2, -0.15) is 5.10 Å². The lowest BCUT2D eigenvalue weighted by molar-refractivity contribution is -0.146. The molecule has 6 heteroatoms. The fraction of sp³-hybridized carbons (Fsp3) is 0.733. The first-order valence-electron chi connectivity index (χ1n) is 7.51. The molecule has 0 radical (unpaired) electrons. The zero-order valence-corrected chi connectivity index (χ0v) is 14.0. The second-order valence-electron chi connectivity index (χ2n) is 6.27. The van der Waals surface area contributed by atoms with Crippen LogP contribution in [0.3, 0.4) is 0 Å². The topological polar surface area (TPSA) is 67.2 Å². The van der Waals surface area contributed by atoms with Crippen molar-refractivity contribution in [1.29, 1.82) is 0 Å². The van der Waals surface area contributed by atoms with Crippen LogP contribution in [0.2, 0.25) is 0 Å². The number of hydrogen-bond donors (Lipinski definition) is 2. The first-order valence-corrected chi connectivity index (χ1v) is 8.39. The van der Waals surface area contributed by atoms with Gasteiger partial charge in [-0.3, -0.25) is 14.8 Å². The van der Waals surface area contributed by atoms with E-state index in [0.29, 0.717) is 18.1 Å². The van der Waals surface area contributed by atoms with Crippen LogP contribution in [-0.4, -0.2) is 37.7 Å². The van der Waals surface area contributed by atoms with Crippen LogP contribution in [0.15, 0.2) is 11.1 Å². The van der Waals surface area contributed by atoms with E-state index in [-0.39, 0.29) is 6.04 Å². The van der Waals surface area contributed by atoms with Gasteiger partial charge in [0, 0.05) is 18.3 Å². The molecule has 0 saturated heterocycles. The van der Waals surface area contributed by atoms with Crippen molar-refractivity contribution in [3.05, 3.63) is 11.8 Å². The average molecular weight is 311 g/mol. The summed E-state index contributed by atoms with van der Waals surface area (Å²) in [5.74, 6) is -0.720. The molecule has 5 nitrogen and oxygen atoms in total. The average Bonchev–Trinajstić information content (AvgIpc) is 2.67. The molecule has 1 aromatic rings. The van der Waals surface area contributed by atoms with Gasteiger partial charge in [0.15, 0.2) is 0 Å². The van der Waals surface area contributed by atoms with Gasteiger partial charge in [-0.25, -0.2) is 0 Å². The Morgan fingerprint density at radius 3 is 2.86 bits per heavy atom. The molecule has 0 bridgehead atoms. The van der Waals surface area contributed by atoms with Gasteiger partial charge >= 0.3 is 5.97 Å². The largest absolute Gasteiger partial charge is 0.480 e. The van der Waals surface area contributed by atoms with E-state index >= 15 is 0 Å². The van der Waals surface area contributed by atoms with Crippen molar-refractivity contribution in [3.8, 4) is 0 Å². The molecule has 2 unspecified atom stereocenters. The zero-order chi connectivity index (χ0) is 15.6. The fourth-order valence-corrected chi connectivity index (χ4v) is 4.56. The van der Waals surface area contributed by atoms with E-state index in [1.807, 2.05) is 32.5 Å². The van der Waals surface area contributed by atoms with Crippen molar-refractivity contribution in [2.45, 2.75) is 68.3 Å². The van der Waals surface area contributed by atoms with Gasteiger partial charge in [-0.15, -0.1) is 11.8 Å². The van der Waals surface area contributed by atoms with Gasteiger partial charge in [0.2, 0.25) is 0 Å². The fourth-order valence-electron chi connectivity index (χ4n) is 3.13. The molecular weight excluding hydrogens is 286 g/mol. The number of rotatable bonds is 5. The summed E-state index contributed by atoms with van der Waals surface area (Å²) in [5.41, 5.74) is 0.221. The molecule has 2 N–H and O–H groups in total. The molecular formula is C15H25N3O2S. The minimum Gasteiger partial charge on any atom is -0.480 e. The van der Waals surface area contributed by atoms with E-state index in [2.05, 4.69) is 16.5 Å². The van der Waals surface area contributed by atoms with Crippen molar-refractivity contribution >= 4 is 17.7 Å². The molecule has 1 saturated carbocycles. The number of aromatic nitrogens is 2. The van der Waals surface area contributed by atoms with Crippen molar-refractivity contribution in [2.24, 2.45) is 7.05 Å². The highest BCUT2D eigenvalue weighted by Crippen LogP contribution is 2.38.